The number of aryl methyl sites for hydroxylation is 2. The summed E-state index contributed by atoms with van der Waals surface area (Å²) in [5.74, 6) is -0.250. The van der Waals surface area contributed by atoms with E-state index in [4.69, 9.17) is 0 Å². The van der Waals surface area contributed by atoms with E-state index in [1.165, 1.54) is 12.1 Å². The molecule has 0 spiro atoms. The summed E-state index contributed by atoms with van der Waals surface area (Å²) in [7, 11) is 0. The second kappa shape index (κ2) is 9.34. The predicted molar refractivity (Wildman–Crippen MR) is 123 cm³/mol. The van der Waals surface area contributed by atoms with Crippen LogP contribution in [0, 0.1) is 25.6 Å². The van der Waals surface area contributed by atoms with Crippen molar-refractivity contribution in [1.82, 2.24) is 15.2 Å². The van der Waals surface area contributed by atoms with E-state index in [1.54, 1.807) is 12.1 Å². The Bertz CT molecular complexity index is 1160. The van der Waals surface area contributed by atoms with Crippen molar-refractivity contribution in [2.24, 2.45) is 5.92 Å². The number of carbonyl (C=O) groups is 2. The van der Waals surface area contributed by atoms with Crippen molar-refractivity contribution >= 4 is 28.5 Å². The molecule has 3 aromatic rings. The van der Waals surface area contributed by atoms with Gasteiger partial charge in [0.05, 0.1) is 11.1 Å². The molecule has 6 nitrogen and oxygen atoms in total. The van der Waals surface area contributed by atoms with Crippen molar-refractivity contribution < 1.29 is 14.0 Å². The van der Waals surface area contributed by atoms with Crippen LogP contribution in [-0.4, -0.2) is 41.5 Å². The van der Waals surface area contributed by atoms with Crippen LogP contribution in [0.15, 0.2) is 48.5 Å². The van der Waals surface area contributed by atoms with E-state index in [9.17, 15) is 14.0 Å². The molecule has 1 aliphatic rings. The topological polar surface area (TPSA) is 74.3 Å². The van der Waals surface area contributed by atoms with Gasteiger partial charge in [-0.15, -0.1) is 0 Å². The molecule has 1 aromatic heterocycles. The van der Waals surface area contributed by atoms with E-state index in [0.29, 0.717) is 30.9 Å². The van der Waals surface area contributed by atoms with Crippen LogP contribution in [0.1, 0.15) is 34.5 Å². The van der Waals surface area contributed by atoms with Gasteiger partial charge >= 0.3 is 6.03 Å². The molecular weight excluding hydrogens is 407 g/mol. The van der Waals surface area contributed by atoms with Gasteiger partial charge in [-0.1, -0.05) is 17.7 Å². The maximum atomic E-state index is 13.4. The summed E-state index contributed by atoms with van der Waals surface area (Å²) >= 11 is 0. The van der Waals surface area contributed by atoms with E-state index in [1.807, 2.05) is 43.0 Å². The van der Waals surface area contributed by atoms with Gasteiger partial charge < -0.3 is 15.5 Å². The molecule has 4 rings (SSSR count). The summed E-state index contributed by atoms with van der Waals surface area (Å²) in [5, 5.41) is 6.35. The van der Waals surface area contributed by atoms with Crippen LogP contribution in [0.5, 0.6) is 0 Å². The third-order valence-electron chi connectivity index (χ3n) is 5.76. The van der Waals surface area contributed by atoms with Gasteiger partial charge in [0.25, 0.3) is 5.91 Å². The van der Waals surface area contributed by atoms with Crippen LogP contribution < -0.4 is 10.6 Å². The Kier molecular flexibility index (Phi) is 6.35. The molecule has 0 aliphatic carbocycles. The number of amides is 3. The number of hydrogen-bond donors (Lipinski definition) is 2. The normalized spacial score (nSPS) is 16.1. The van der Waals surface area contributed by atoms with Crippen LogP contribution in [0.3, 0.4) is 0 Å². The van der Waals surface area contributed by atoms with E-state index in [2.05, 4.69) is 15.6 Å². The lowest BCUT2D eigenvalue weighted by Crippen LogP contribution is -2.44. The highest BCUT2D eigenvalue weighted by atomic mass is 19.1. The largest absolute Gasteiger partial charge is 0.338 e. The molecule has 32 heavy (non-hydrogen) atoms. The third kappa shape index (κ3) is 5.04. The SMILES string of the molecule is Cc1ccc2nc(C)cc(C(=O)N3CCCC(CNC(=O)Nc4cccc(F)c4)C3)c2c1. The number of nitrogens with one attached hydrogen (secondary N) is 2. The zero-order valence-electron chi connectivity index (χ0n) is 18.3. The number of likely N-dealkylation sites (tertiary alicyclic amines) is 1. The van der Waals surface area contributed by atoms with Crippen LogP contribution in [0.25, 0.3) is 10.9 Å². The van der Waals surface area contributed by atoms with Crippen molar-refractivity contribution in [3.8, 4) is 0 Å². The minimum Gasteiger partial charge on any atom is -0.338 e. The summed E-state index contributed by atoms with van der Waals surface area (Å²) in [6.45, 7) is 5.62. The van der Waals surface area contributed by atoms with Gasteiger partial charge in [-0.25, -0.2) is 9.18 Å². The first-order valence-corrected chi connectivity index (χ1v) is 10.9. The van der Waals surface area contributed by atoms with Crippen LogP contribution in [-0.2, 0) is 0 Å². The van der Waals surface area contributed by atoms with Crippen LogP contribution in [0.4, 0.5) is 14.9 Å². The first-order valence-electron chi connectivity index (χ1n) is 10.9. The Labute approximate surface area is 186 Å². The molecule has 3 amide bonds. The fourth-order valence-electron chi connectivity index (χ4n) is 4.21. The van der Waals surface area contributed by atoms with Gasteiger partial charge in [0.1, 0.15) is 5.82 Å². The maximum absolute atomic E-state index is 13.4. The number of rotatable bonds is 4. The maximum Gasteiger partial charge on any atom is 0.319 e. The molecule has 0 saturated carbocycles. The first-order chi connectivity index (χ1) is 15.4. The molecular formula is C25H27FN4O2. The molecule has 2 heterocycles. The molecule has 0 bridgehead atoms. The minimum absolute atomic E-state index is 0.0000114. The Morgan fingerprint density at radius 1 is 1.16 bits per heavy atom. The van der Waals surface area contributed by atoms with E-state index in [-0.39, 0.29) is 17.9 Å². The van der Waals surface area contributed by atoms with Gasteiger partial charge in [-0.2, -0.15) is 0 Å². The lowest BCUT2D eigenvalue weighted by Gasteiger charge is -2.33. The summed E-state index contributed by atoms with van der Waals surface area (Å²) in [6.07, 6.45) is 1.81. The number of anilines is 1. The molecule has 1 saturated heterocycles. The van der Waals surface area contributed by atoms with E-state index < -0.39 is 5.82 Å². The van der Waals surface area contributed by atoms with E-state index >= 15 is 0 Å². The highest BCUT2D eigenvalue weighted by molar-refractivity contribution is 6.06. The average molecular weight is 435 g/mol. The average Bonchev–Trinajstić information content (AvgIpc) is 2.77. The van der Waals surface area contributed by atoms with Crippen molar-refractivity contribution in [1.29, 1.82) is 0 Å². The number of benzene rings is 2. The lowest BCUT2D eigenvalue weighted by molar-refractivity contribution is 0.0677. The van der Waals surface area contributed by atoms with Gasteiger partial charge in [0.15, 0.2) is 0 Å². The number of nitrogens with zero attached hydrogens (tertiary/aromatic N) is 2. The Morgan fingerprint density at radius 3 is 2.81 bits per heavy atom. The molecule has 166 valence electrons. The monoisotopic (exact) mass is 434 g/mol. The molecule has 1 unspecified atom stereocenters. The second-order valence-electron chi connectivity index (χ2n) is 8.44. The zero-order chi connectivity index (χ0) is 22.7. The molecule has 0 radical (unpaired) electrons. The van der Waals surface area contributed by atoms with Gasteiger partial charge in [-0.05, 0) is 69.0 Å². The summed E-state index contributed by atoms with van der Waals surface area (Å²) in [5.41, 5.74) is 3.80. The number of pyridine rings is 1. The number of urea groups is 1. The fourth-order valence-corrected chi connectivity index (χ4v) is 4.21. The highest BCUT2D eigenvalue weighted by Gasteiger charge is 2.26. The molecule has 7 heteroatoms. The Hall–Kier alpha value is -3.48. The molecule has 1 aliphatic heterocycles. The van der Waals surface area contributed by atoms with Crippen molar-refractivity contribution in [2.45, 2.75) is 26.7 Å². The molecule has 2 N–H and O–H groups in total. The number of piperidine rings is 1. The minimum atomic E-state index is -0.404. The van der Waals surface area contributed by atoms with Gasteiger partial charge in [-0.3, -0.25) is 9.78 Å². The van der Waals surface area contributed by atoms with Crippen molar-refractivity contribution in [2.75, 3.05) is 25.0 Å². The third-order valence-corrected chi connectivity index (χ3v) is 5.76. The Morgan fingerprint density at radius 2 is 2.00 bits per heavy atom. The lowest BCUT2D eigenvalue weighted by atomic mass is 9.96. The second-order valence-corrected chi connectivity index (χ2v) is 8.44. The van der Waals surface area contributed by atoms with Gasteiger partial charge in [0.2, 0.25) is 0 Å². The summed E-state index contributed by atoms with van der Waals surface area (Å²) < 4.78 is 13.3. The zero-order valence-corrected chi connectivity index (χ0v) is 18.3. The van der Waals surface area contributed by atoms with Crippen molar-refractivity contribution in [3.05, 3.63) is 71.2 Å². The number of fused-ring (bicyclic) bond motifs is 1. The number of hydrogen-bond acceptors (Lipinski definition) is 3. The number of halogens is 1. The van der Waals surface area contributed by atoms with Crippen LogP contribution in [0.2, 0.25) is 0 Å². The highest BCUT2D eigenvalue weighted by Crippen LogP contribution is 2.24. The molecule has 1 fully saturated rings. The molecule has 2 aromatic carbocycles. The van der Waals surface area contributed by atoms with E-state index in [0.717, 1.165) is 35.0 Å². The van der Waals surface area contributed by atoms with Crippen molar-refractivity contribution in [3.63, 3.8) is 0 Å². The Balaban J connectivity index is 1.41. The summed E-state index contributed by atoms with van der Waals surface area (Å²) in [4.78, 5) is 32.0. The number of aromatic nitrogens is 1. The van der Waals surface area contributed by atoms with Crippen LogP contribution >= 0.6 is 0 Å². The number of carbonyl (C=O) groups excluding carboxylic acids is 2. The first kappa shape index (κ1) is 21.7. The summed E-state index contributed by atoms with van der Waals surface area (Å²) in [6, 6.07) is 13.2. The smallest absolute Gasteiger partial charge is 0.319 e. The fraction of sp³-hybridized carbons (Fsp3) is 0.320. The standard InChI is InChI=1S/C25H27FN4O2/c1-16-8-9-23-21(11-16)22(12-17(2)28-23)24(31)30-10-4-5-18(15-30)14-27-25(32)29-20-7-3-6-19(26)13-20/h3,6-9,11-13,18H,4-5,10,14-15H2,1-2H3,(H2,27,29,32). The molecule has 1 atom stereocenters. The predicted octanol–water partition coefficient (Wildman–Crippen LogP) is 4.66. The van der Waals surface area contributed by atoms with Gasteiger partial charge in [0, 0.05) is 36.4 Å². The quantitative estimate of drug-likeness (QED) is 0.627.